The smallest absolute Gasteiger partial charge is 0.454 e. The van der Waals surface area contributed by atoms with Crippen LogP contribution in [0.25, 0.3) is 6.08 Å². The Morgan fingerprint density at radius 1 is 1.24 bits per heavy atom. The fourth-order valence-corrected chi connectivity index (χ4v) is 2.27. The summed E-state index contributed by atoms with van der Waals surface area (Å²) in [6, 6.07) is 10.5. The second-order valence-corrected chi connectivity index (χ2v) is 4.88. The summed E-state index contributed by atoms with van der Waals surface area (Å²) in [6.07, 6.45) is 8.54. The SMILES string of the molecule is C[N@@+]1(C/C=C/c2ccccc2)[CH-]CCCC1.[Li+]. The number of rotatable bonds is 3. The van der Waals surface area contributed by atoms with E-state index in [0.29, 0.717) is 0 Å². The fraction of sp³-hybridized carbons (Fsp3) is 0.400. The first kappa shape index (κ1) is 14.6. The Balaban J connectivity index is 0.00000144. The second-order valence-electron chi connectivity index (χ2n) is 4.88. The molecule has 17 heavy (non-hydrogen) atoms. The molecule has 0 aromatic heterocycles. The van der Waals surface area contributed by atoms with Crippen LogP contribution < -0.4 is 18.9 Å². The summed E-state index contributed by atoms with van der Waals surface area (Å²) in [7, 11) is 2.33. The molecule has 0 unspecified atom stereocenters. The zero-order valence-electron chi connectivity index (χ0n) is 11.1. The van der Waals surface area contributed by atoms with Crippen LogP contribution in [0.2, 0.25) is 0 Å². The van der Waals surface area contributed by atoms with E-state index in [9.17, 15) is 0 Å². The van der Waals surface area contributed by atoms with Gasteiger partial charge in [0, 0.05) is 7.05 Å². The number of hydrogen-bond acceptors (Lipinski definition) is 0. The van der Waals surface area contributed by atoms with Gasteiger partial charge in [-0.15, -0.1) is 13.0 Å². The molecule has 86 valence electrons. The van der Waals surface area contributed by atoms with Crippen molar-refractivity contribution >= 4 is 6.08 Å². The van der Waals surface area contributed by atoms with E-state index in [-0.39, 0.29) is 18.9 Å². The molecule has 1 aromatic carbocycles. The molecule has 0 aliphatic carbocycles. The van der Waals surface area contributed by atoms with Crippen molar-refractivity contribution in [2.75, 3.05) is 20.1 Å². The average molecular weight is 222 g/mol. The molecule has 1 nitrogen and oxygen atoms in total. The summed E-state index contributed by atoms with van der Waals surface area (Å²) < 4.78 is 1.10. The first-order chi connectivity index (χ1) is 7.79. The molecule has 0 amide bonds. The van der Waals surface area contributed by atoms with Gasteiger partial charge in [0.15, 0.2) is 0 Å². The molecule has 1 aromatic rings. The molecular weight excluding hydrogens is 201 g/mol. The Bertz CT molecular complexity index is 339. The molecule has 0 bridgehead atoms. The van der Waals surface area contributed by atoms with Crippen molar-refractivity contribution in [2.45, 2.75) is 19.3 Å². The van der Waals surface area contributed by atoms with Gasteiger partial charge in [-0.1, -0.05) is 42.8 Å². The number of nitrogens with zero attached hydrogens (tertiary/aromatic N) is 1. The Labute approximate surface area is 117 Å². The van der Waals surface area contributed by atoms with Gasteiger partial charge in [0.2, 0.25) is 0 Å². The van der Waals surface area contributed by atoms with Crippen molar-refractivity contribution in [1.82, 2.24) is 0 Å². The summed E-state index contributed by atoms with van der Waals surface area (Å²) >= 11 is 0. The van der Waals surface area contributed by atoms with Crippen LogP contribution in [-0.2, 0) is 0 Å². The van der Waals surface area contributed by atoms with Gasteiger partial charge in [-0.3, -0.25) is 0 Å². The Hall–Kier alpha value is -0.483. The topological polar surface area (TPSA) is 0 Å². The monoisotopic (exact) mass is 222 g/mol. The van der Waals surface area contributed by atoms with Crippen LogP contribution in [0.1, 0.15) is 24.8 Å². The van der Waals surface area contributed by atoms with Crippen molar-refractivity contribution in [1.29, 1.82) is 0 Å². The van der Waals surface area contributed by atoms with Crippen LogP contribution in [0.5, 0.6) is 0 Å². The van der Waals surface area contributed by atoms with Crippen LogP contribution >= 0.6 is 0 Å². The average Bonchev–Trinajstić information content (AvgIpc) is 2.31. The minimum Gasteiger partial charge on any atom is -0.454 e. The summed E-state index contributed by atoms with van der Waals surface area (Å²) in [5, 5.41) is 0. The van der Waals surface area contributed by atoms with Gasteiger partial charge in [-0.25, -0.2) is 0 Å². The van der Waals surface area contributed by atoms with Crippen molar-refractivity contribution in [2.24, 2.45) is 0 Å². The molecule has 1 saturated heterocycles. The summed E-state index contributed by atoms with van der Waals surface area (Å²) in [4.78, 5) is 0. The molecule has 1 atom stereocenters. The van der Waals surface area contributed by atoms with Gasteiger partial charge in [-0.2, -0.15) is 0 Å². The minimum absolute atomic E-state index is 0. The maximum absolute atomic E-state index is 2.46. The first-order valence-corrected chi connectivity index (χ1v) is 6.19. The molecular formula is C15H21LiN+. The Kier molecular flexibility index (Phi) is 6.06. The van der Waals surface area contributed by atoms with Gasteiger partial charge in [0.1, 0.15) is 0 Å². The normalized spacial score (nSPS) is 24.5. The van der Waals surface area contributed by atoms with Crippen molar-refractivity contribution in [3.63, 3.8) is 0 Å². The van der Waals surface area contributed by atoms with Crippen molar-refractivity contribution in [3.8, 4) is 0 Å². The molecule has 2 rings (SSSR count). The number of piperidine rings is 1. The van der Waals surface area contributed by atoms with Crippen LogP contribution in [0, 0.1) is 6.54 Å². The van der Waals surface area contributed by atoms with Gasteiger partial charge in [0.05, 0.1) is 13.1 Å². The largest absolute Gasteiger partial charge is 1.00 e. The third-order valence-corrected chi connectivity index (χ3v) is 3.33. The van der Waals surface area contributed by atoms with E-state index in [1.807, 2.05) is 0 Å². The quantitative estimate of drug-likeness (QED) is 0.397. The van der Waals surface area contributed by atoms with Gasteiger partial charge >= 0.3 is 18.9 Å². The Morgan fingerprint density at radius 3 is 2.65 bits per heavy atom. The van der Waals surface area contributed by atoms with E-state index in [0.717, 1.165) is 11.0 Å². The van der Waals surface area contributed by atoms with E-state index in [2.05, 4.69) is 56.1 Å². The molecule has 2 heteroatoms. The predicted molar refractivity (Wildman–Crippen MR) is 69.5 cm³/mol. The third-order valence-electron chi connectivity index (χ3n) is 3.33. The standard InChI is InChI=1S/C15H21N.Li/c1-16(12-6-3-7-13-16)14-8-11-15-9-4-2-5-10-15;/h2,4-5,8-12H,3,6-7,13-14H2,1H3;/q;+1/b11-8+;/t16-;/m1./s1. The maximum Gasteiger partial charge on any atom is 1.00 e. The van der Waals surface area contributed by atoms with Crippen LogP contribution in [0.15, 0.2) is 36.4 Å². The van der Waals surface area contributed by atoms with Gasteiger partial charge in [-0.05, 0) is 18.1 Å². The number of hydrogen-bond donors (Lipinski definition) is 0. The summed E-state index contributed by atoms with van der Waals surface area (Å²) in [6.45, 7) is 4.87. The number of likely N-dealkylation sites (N-methyl/N-ethyl adjacent to an activating group) is 1. The van der Waals surface area contributed by atoms with Crippen LogP contribution in [-0.4, -0.2) is 24.6 Å². The van der Waals surface area contributed by atoms with Crippen LogP contribution in [0.4, 0.5) is 0 Å². The molecule has 1 fully saturated rings. The van der Waals surface area contributed by atoms with Gasteiger partial charge < -0.3 is 4.48 Å². The van der Waals surface area contributed by atoms with E-state index >= 15 is 0 Å². The molecule has 1 aliphatic rings. The molecule has 0 radical (unpaired) electrons. The van der Waals surface area contributed by atoms with E-state index in [1.165, 1.54) is 31.4 Å². The maximum atomic E-state index is 2.46. The summed E-state index contributed by atoms with van der Waals surface area (Å²) in [5.41, 5.74) is 1.30. The van der Waals surface area contributed by atoms with Crippen molar-refractivity contribution in [3.05, 3.63) is 48.5 Å². The molecule has 1 aliphatic heterocycles. The zero-order chi connectivity index (χ0) is 11.3. The van der Waals surface area contributed by atoms with Crippen LogP contribution in [0.3, 0.4) is 0 Å². The number of likely N-dealkylation sites (tertiary alicyclic amines) is 1. The number of benzene rings is 1. The molecule has 0 N–H and O–H groups in total. The zero-order valence-corrected chi connectivity index (χ0v) is 11.1. The second kappa shape index (κ2) is 7.06. The number of quaternary nitrogens is 1. The first-order valence-electron chi connectivity index (χ1n) is 6.19. The third kappa shape index (κ3) is 4.72. The fourth-order valence-electron chi connectivity index (χ4n) is 2.27. The molecule has 1 heterocycles. The van der Waals surface area contributed by atoms with E-state index in [1.54, 1.807) is 0 Å². The predicted octanol–water partition coefficient (Wildman–Crippen LogP) is 0.496. The minimum atomic E-state index is 0. The summed E-state index contributed by atoms with van der Waals surface area (Å²) in [5.74, 6) is 0. The van der Waals surface area contributed by atoms with E-state index < -0.39 is 0 Å². The molecule has 0 spiro atoms. The molecule has 0 saturated carbocycles. The van der Waals surface area contributed by atoms with E-state index in [4.69, 9.17) is 0 Å². The Morgan fingerprint density at radius 2 is 2.00 bits per heavy atom. The van der Waals surface area contributed by atoms with Gasteiger partial charge in [0.25, 0.3) is 0 Å². The van der Waals surface area contributed by atoms with Crippen molar-refractivity contribution < 1.29 is 23.3 Å².